The van der Waals surface area contributed by atoms with Gasteiger partial charge in [-0.05, 0) is 31.5 Å². The maximum Gasteiger partial charge on any atom is 0.274 e. The number of anilines is 3. The summed E-state index contributed by atoms with van der Waals surface area (Å²) in [7, 11) is 1.64. The molecule has 0 spiro atoms. The van der Waals surface area contributed by atoms with Gasteiger partial charge in [0.25, 0.3) is 5.91 Å². The van der Waals surface area contributed by atoms with Gasteiger partial charge in [-0.1, -0.05) is 53.8 Å². The summed E-state index contributed by atoms with van der Waals surface area (Å²) in [5.41, 5.74) is 2.57. The van der Waals surface area contributed by atoms with Gasteiger partial charge in [0.05, 0.1) is 12.3 Å². The smallest absolute Gasteiger partial charge is 0.274 e. The summed E-state index contributed by atoms with van der Waals surface area (Å²) in [4.78, 5) is 27.7. The van der Waals surface area contributed by atoms with Crippen LogP contribution in [0.4, 0.5) is 16.6 Å². The quantitative estimate of drug-likeness (QED) is 0.292. The average molecular weight is 557 g/mol. The number of hydrogen-bond donors (Lipinski definition) is 2. The number of rotatable bonds is 9. The lowest BCUT2D eigenvalue weighted by atomic mass is 10.1. The van der Waals surface area contributed by atoms with Gasteiger partial charge in [0.1, 0.15) is 11.5 Å². The van der Waals surface area contributed by atoms with Gasteiger partial charge >= 0.3 is 0 Å². The van der Waals surface area contributed by atoms with Crippen LogP contribution >= 0.6 is 11.3 Å². The largest absolute Gasteiger partial charge is 0.383 e. The monoisotopic (exact) mass is 556 g/mol. The fourth-order valence-corrected chi connectivity index (χ4v) is 6.15. The van der Waals surface area contributed by atoms with Gasteiger partial charge in [0, 0.05) is 56.5 Å². The van der Waals surface area contributed by atoms with Crippen LogP contribution in [-0.2, 0) is 4.74 Å². The first-order valence-corrected chi connectivity index (χ1v) is 14.4. The number of fused-ring (bicyclic) bond motifs is 1. The van der Waals surface area contributed by atoms with E-state index in [2.05, 4.69) is 40.6 Å². The highest BCUT2D eigenvalue weighted by Crippen LogP contribution is 2.35. The zero-order valence-electron chi connectivity index (χ0n) is 22.4. The predicted octanol–water partition coefficient (Wildman–Crippen LogP) is 4.26. The number of aromatic nitrogens is 4. The highest BCUT2D eigenvalue weighted by molar-refractivity contribution is 7.18. The number of nitrogens with zero attached hydrogens (tertiary/aromatic N) is 6. The third-order valence-electron chi connectivity index (χ3n) is 7.28. The number of para-hydroxylation sites is 1. The number of carbonyl (C=O) groups excluding carboxylic acids is 1. The Hall–Kier alpha value is -3.93. The lowest BCUT2D eigenvalue weighted by Crippen LogP contribution is -2.50. The highest BCUT2D eigenvalue weighted by Gasteiger charge is 2.32. The van der Waals surface area contributed by atoms with Crippen LogP contribution in [0.5, 0.6) is 0 Å². The third-order valence-corrected chi connectivity index (χ3v) is 8.30. The van der Waals surface area contributed by atoms with Crippen molar-refractivity contribution in [3.8, 4) is 22.0 Å². The van der Waals surface area contributed by atoms with E-state index in [9.17, 15) is 4.79 Å². The molecule has 2 aromatic heterocycles. The van der Waals surface area contributed by atoms with E-state index in [0.29, 0.717) is 36.5 Å². The van der Waals surface area contributed by atoms with Gasteiger partial charge < -0.3 is 20.3 Å². The van der Waals surface area contributed by atoms with Gasteiger partial charge in [0.15, 0.2) is 10.8 Å². The molecule has 4 aromatic rings. The fourth-order valence-electron chi connectivity index (χ4n) is 5.23. The first-order chi connectivity index (χ1) is 19.7. The number of amides is 1. The molecule has 206 valence electrons. The summed E-state index contributed by atoms with van der Waals surface area (Å²) >= 11 is 1.56. The second-order valence-electron chi connectivity index (χ2n) is 9.92. The Morgan fingerprint density at radius 2 is 1.90 bits per heavy atom. The molecule has 11 heteroatoms. The van der Waals surface area contributed by atoms with E-state index in [1.807, 2.05) is 54.6 Å². The van der Waals surface area contributed by atoms with Gasteiger partial charge in [-0.3, -0.25) is 9.69 Å². The topological polar surface area (TPSA) is 108 Å². The molecule has 0 bridgehead atoms. The summed E-state index contributed by atoms with van der Waals surface area (Å²) in [6, 6.07) is 19.6. The number of hydrogen-bond acceptors (Lipinski definition) is 10. The molecule has 1 unspecified atom stereocenters. The Kier molecular flexibility index (Phi) is 7.94. The van der Waals surface area contributed by atoms with E-state index in [1.54, 1.807) is 24.5 Å². The van der Waals surface area contributed by atoms with Crippen molar-refractivity contribution < 1.29 is 9.53 Å². The molecule has 6 rings (SSSR count). The van der Waals surface area contributed by atoms with Crippen LogP contribution in [-0.4, -0.2) is 83.5 Å². The van der Waals surface area contributed by atoms with Crippen LogP contribution in [0.2, 0.25) is 0 Å². The summed E-state index contributed by atoms with van der Waals surface area (Å²) in [6.07, 6.45) is 2.52. The Labute approximate surface area is 237 Å². The van der Waals surface area contributed by atoms with Crippen molar-refractivity contribution in [1.29, 1.82) is 0 Å². The molecular weight excluding hydrogens is 524 g/mol. The summed E-state index contributed by atoms with van der Waals surface area (Å²) in [6.45, 7) is 5.29. The zero-order chi connectivity index (χ0) is 27.3. The Bertz CT molecular complexity index is 1460. The van der Waals surface area contributed by atoms with E-state index in [-0.39, 0.29) is 11.6 Å². The van der Waals surface area contributed by atoms with Crippen LogP contribution in [0.25, 0.3) is 22.0 Å². The molecular formula is C29H32N8O2S. The molecule has 2 saturated heterocycles. The molecule has 1 amide bonds. The summed E-state index contributed by atoms with van der Waals surface area (Å²) < 4.78 is 5.15. The van der Waals surface area contributed by atoms with Gasteiger partial charge in [-0.2, -0.15) is 0 Å². The molecule has 0 radical (unpaired) electrons. The van der Waals surface area contributed by atoms with Crippen molar-refractivity contribution in [2.75, 3.05) is 62.0 Å². The molecule has 40 heavy (non-hydrogen) atoms. The van der Waals surface area contributed by atoms with Gasteiger partial charge in [-0.15, -0.1) is 10.2 Å². The molecule has 4 heterocycles. The summed E-state index contributed by atoms with van der Waals surface area (Å²) in [5, 5.41) is 17.0. The van der Waals surface area contributed by atoms with Crippen molar-refractivity contribution in [2.24, 2.45) is 0 Å². The molecule has 10 nitrogen and oxygen atoms in total. The molecule has 1 atom stereocenters. The van der Waals surface area contributed by atoms with E-state index >= 15 is 0 Å². The van der Waals surface area contributed by atoms with Crippen molar-refractivity contribution in [3.05, 3.63) is 66.4 Å². The summed E-state index contributed by atoms with van der Waals surface area (Å²) in [5.74, 6) is 0.696. The predicted molar refractivity (Wildman–Crippen MR) is 158 cm³/mol. The molecule has 0 aliphatic carbocycles. The van der Waals surface area contributed by atoms with Crippen molar-refractivity contribution >= 4 is 33.9 Å². The standard InChI is InChI=1S/C29H32N8O2S/c1-39-17-13-30-25-18-24(31-26(33-25)20-8-3-2-4-9-20)27(38)32-23-12-6-5-11-22(23)28-34-35-29(40-28)37-16-15-36-14-7-10-21(36)19-37/h2-6,8-9,11-12,18,21H,7,10,13-17,19H2,1H3,(H,32,38)(H,30,31,33). The molecule has 0 saturated carbocycles. The fraction of sp³-hybridized carbons (Fsp3) is 0.345. The maximum atomic E-state index is 13.5. The molecule has 2 aromatic carbocycles. The number of benzene rings is 2. The van der Waals surface area contributed by atoms with E-state index in [1.165, 1.54) is 19.4 Å². The van der Waals surface area contributed by atoms with Crippen LogP contribution < -0.4 is 15.5 Å². The number of ether oxygens (including phenoxy) is 1. The Balaban J connectivity index is 1.23. The van der Waals surface area contributed by atoms with Crippen LogP contribution in [0, 0.1) is 0 Å². The lowest BCUT2D eigenvalue weighted by molar-refractivity contribution is 0.102. The van der Waals surface area contributed by atoms with Crippen LogP contribution in [0.15, 0.2) is 60.7 Å². The van der Waals surface area contributed by atoms with E-state index in [0.717, 1.165) is 40.9 Å². The number of methoxy groups -OCH3 is 1. The average Bonchev–Trinajstić information content (AvgIpc) is 3.68. The molecule has 2 N–H and O–H groups in total. The first kappa shape index (κ1) is 26.3. The first-order valence-electron chi connectivity index (χ1n) is 13.6. The molecule has 2 aliphatic rings. The maximum absolute atomic E-state index is 13.5. The van der Waals surface area contributed by atoms with Crippen molar-refractivity contribution in [3.63, 3.8) is 0 Å². The van der Waals surface area contributed by atoms with Gasteiger partial charge in [-0.25, -0.2) is 9.97 Å². The second kappa shape index (κ2) is 12.1. The Morgan fingerprint density at radius 1 is 1.05 bits per heavy atom. The molecule has 2 aliphatic heterocycles. The number of nitrogens with one attached hydrogen (secondary N) is 2. The Morgan fingerprint density at radius 3 is 2.77 bits per heavy atom. The lowest BCUT2D eigenvalue weighted by Gasteiger charge is -2.37. The van der Waals surface area contributed by atoms with Gasteiger partial charge in [0.2, 0.25) is 5.13 Å². The second-order valence-corrected chi connectivity index (χ2v) is 10.9. The normalized spacial score (nSPS) is 17.0. The van der Waals surface area contributed by atoms with Crippen LogP contribution in [0.3, 0.4) is 0 Å². The SMILES string of the molecule is COCCNc1cc(C(=O)Nc2ccccc2-c2nnc(N3CCN4CCCC4C3)s2)nc(-c2ccccc2)n1. The number of piperazine rings is 1. The minimum atomic E-state index is -0.330. The van der Waals surface area contributed by atoms with E-state index in [4.69, 9.17) is 4.74 Å². The van der Waals surface area contributed by atoms with Crippen molar-refractivity contribution in [2.45, 2.75) is 18.9 Å². The zero-order valence-corrected chi connectivity index (χ0v) is 23.2. The highest BCUT2D eigenvalue weighted by atomic mass is 32.1. The number of carbonyl (C=O) groups is 1. The third kappa shape index (κ3) is 5.81. The minimum absolute atomic E-state index is 0.260. The molecule has 2 fully saturated rings. The van der Waals surface area contributed by atoms with Crippen molar-refractivity contribution in [1.82, 2.24) is 25.1 Å². The van der Waals surface area contributed by atoms with E-state index < -0.39 is 0 Å². The van der Waals surface area contributed by atoms with Crippen LogP contribution in [0.1, 0.15) is 23.3 Å². The minimum Gasteiger partial charge on any atom is -0.383 e.